The van der Waals surface area contributed by atoms with E-state index in [-0.39, 0.29) is 5.82 Å². The number of methoxy groups -OCH3 is 1. The van der Waals surface area contributed by atoms with Crippen LogP contribution in [0.5, 0.6) is 0 Å². The Labute approximate surface area is 176 Å². The van der Waals surface area contributed by atoms with Crippen LogP contribution in [-0.4, -0.2) is 54.1 Å². The van der Waals surface area contributed by atoms with Crippen LogP contribution in [0.3, 0.4) is 0 Å². The predicted octanol–water partition coefficient (Wildman–Crippen LogP) is 3.84. The minimum atomic E-state index is -0.234. The molecule has 6 heteroatoms. The minimum absolute atomic E-state index is 0.234. The van der Waals surface area contributed by atoms with Crippen LogP contribution in [0.2, 0.25) is 0 Å². The second-order valence-corrected chi connectivity index (χ2v) is 8.71. The molecule has 1 atom stereocenters. The smallest absolute Gasteiger partial charge is 0.123 e. The van der Waals surface area contributed by atoms with E-state index in [4.69, 9.17) is 4.74 Å². The van der Waals surface area contributed by atoms with E-state index in [2.05, 4.69) is 34.4 Å². The maximum Gasteiger partial charge on any atom is 0.123 e. The summed E-state index contributed by atoms with van der Waals surface area (Å²) < 4.78 is 20.7. The molecular formula is C24H29FN4O. The third-order valence-electron chi connectivity index (χ3n) is 6.76. The number of piperazine rings is 1. The van der Waals surface area contributed by atoms with Gasteiger partial charge in [-0.1, -0.05) is 0 Å². The molecule has 1 N–H and O–H groups in total. The Kier molecular flexibility index (Phi) is 5.31. The molecule has 0 radical (unpaired) electrons. The summed E-state index contributed by atoms with van der Waals surface area (Å²) in [5.41, 5.74) is 4.57. The highest BCUT2D eigenvalue weighted by atomic mass is 19.1. The van der Waals surface area contributed by atoms with E-state index in [1.54, 1.807) is 12.1 Å². The summed E-state index contributed by atoms with van der Waals surface area (Å²) in [6.45, 7) is 6.41. The fourth-order valence-electron chi connectivity index (χ4n) is 4.96. The molecule has 0 amide bonds. The minimum Gasteiger partial charge on any atom is -0.381 e. The van der Waals surface area contributed by atoms with Crippen LogP contribution in [0, 0.1) is 18.7 Å². The number of halogens is 1. The standard InChI is InChI=1S/C24H29FN4O/c1-16-9-23-18(13-27-29(23)20-5-3-19(25)4-6-20)12-22(16)24-14-26-7-8-28(24)15-17-10-21(11-17)30-2/h3-6,9,12-13,17,21,24,26H,7-8,10-11,14-15H2,1-2H3/t17-,21+,24-/m1/s1. The van der Waals surface area contributed by atoms with E-state index in [1.807, 2.05) is 18.0 Å². The molecule has 0 bridgehead atoms. The first-order valence-corrected chi connectivity index (χ1v) is 10.8. The van der Waals surface area contributed by atoms with Gasteiger partial charge in [-0.2, -0.15) is 5.10 Å². The SMILES string of the molecule is CO[C@H]1C[C@@H](CN2CCNC[C@@H]2c2cc3cnn(-c4ccc(F)cc4)c3cc2C)C1. The van der Waals surface area contributed by atoms with Crippen LogP contribution in [0.1, 0.15) is 30.0 Å². The van der Waals surface area contributed by atoms with Crippen molar-refractivity contribution in [2.24, 2.45) is 5.92 Å². The van der Waals surface area contributed by atoms with Crippen molar-refractivity contribution in [1.82, 2.24) is 20.0 Å². The molecule has 1 saturated carbocycles. The zero-order chi connectivity index (χ0) is 20.7. The van der Waals surface area contributed by atoms with E-state index in [9.17, 15) is 4.39 Å². The predicted molar refractivity (Wildman–Crippen MR) is 116 cm³/mol. The Morgan fingerprint density at radius 2 is 2.00 bits per heavy atom. The lowest BCUT2D eigenvalue weighted by molar-refractivity contribution is -0.0182. The summed E-state index contributed by atoms with van der Waals surface area (Å²) in [6.07, 6.45) is 4.72. The number of fused-ring (bicyclic) bond motifs is 1. The molecule has 2 heterocycles. The van der Waals surface area contributed by atoms with Crippen molar-refractivity contribution in [3.63, 3.8) is 0 Å². The van der Waals surface area contributed by atoms with Gasteiger partial charge < -0.3 is 10.1 Å². The van der Waals surface area contributed by atoms with Crippen LogP contribution in [0.4, 0.5) is 4.39 Å². The van der Waals surface area contributed by atoms with Gasteiger partial charge in [0.05, 0.1) is 23.5 Å². The number of rotatable bonds is 5. The first kappa shape index (κ1) is 19.7. The van der Waals surface area contributed by atoms with Gasteiger partial charge in [0.15, 0.2) is 0 Å². The van der Waals surface area contributed by atoms with Crippen LogP contribution in [-0.2, 0) is 4.74 Å². The van der Waals surface area contributed by atoms with E-state index in [0.29, 0.717) is 12.1 Å². The van der Waals surface area contributed by atoms with Crippen molar-refractivity contribution in [3.8, 4) is 5.69 Å². The summed E-state index contributed by atoms with van der Waals surface area (Å²) in [5.74, 6) is 0.502. The van der Waals surface area contributed by atoms with E-state index < -0.39 is 0 Å². The Morgan fingerprint density at radius 1 is 1.20 bits per heavy atom. The molecule has 1 aliphatic carbocycles. The monoisotopic (exact) mass is 408 g/mol. The van der Waals surface area contributed by atoms with E-state index in [0.717, 1.165) is 48.7 Å². The number of aryl methyl sites for hydroxylation is 1. The topological polar surface area (TPSA) is 42.3 Å². The molecule has 3 aromatic rings. The number of benzene rings is 2. The molecule has 158 valence electrons. The maximum atomic E-state index is 13.3. The second-order valence-electron chi connectivity index (χ2n) is 8.71. The maximum absolute atomic E-state index is 13.3. The first-order chi connectivity index (χ1) is 14.6. The summed E-state index contributed by atoms with van der Waals surface area (Å²) in [7, 11) is 1.82. The Morgan fingerprint density at radius 3 is 2.77 bits per heavy atom. The summed E-state index contributed by atoms with van der Waals surface area (Å²) in [4.78, 5) is 2.64. The van der Waals surface area contributed by atoms with Crippen molar-refractivity contribution >= 4 is 10.9 Å². The van der Waals surface area contributed by atoms with E-state index >= 15 is 0 Å². The molecule has 1 aromatic heterocycles. The molecule has 2 aromatic carbocycles. The van der Waals surface area contributed by atoms with Gasteiger partial charge in [-0.15, -0.1) is 0 Å². The molecular weight excluding hydrogens is 379 g/mol. The normalized spacial score (nSPS) is 24.8. The van der Waals surface area contributed by atoms with Crippen LogP contribution < -0.4 is 5.32 Å². The van der Waals surface area contributed by atoms with Gasteiger partial charge >= 0.3 is 0 Å². The Hall–Kier alpha value is -2.28. The van der Waals surface area contributed by atoms with Gasteiger partial charge in [0.1, 0.15) is 5.82 Å². The summed E-state index contributed by atoms with van der Waals surface area (Å²) in [5, 5.41) is 9.28. The van der Waals surface area contributed by atoms with Crippen molar-refractivity contribution in [2.45, 2.75) is 31.9 Å². The average molecular weight is 409 g/mol. The van der Waals surface area contributed by atoms with Gasteiger partial charge in [-0.25, -0.2) is 9.07 Å². The Balaban J connectivity index is 1.43. The molecule has 5 nitrogen and oxygen atoms in total. The first-order valence-electron chi connectivity index (χ1n) is 10.8. The lowest BCUT2D eigenvalue weighted by Crippen LogP contribution is -2.49. The zero-order valence-electron chi connectivity index (χ0n) is 17.6. The van der Waals surface area contributed by atoms with E-state index in [1.165, 1.54) is 36.1 Å². The highest BCUT2D eigenvalue weighted by molar-refractivity contribution is 5.82. The zero-order valence-corrected chi connectivity index (χ0v) is 17.6. The number of ether oxygens (including phenoxy) is 1. The van der Waals surface area contributed by atoms with Crippen molar-refractivity contribution in [3.05, 3.63) is 59.5 Å². The van der Waals surface area contributed by atoms with Gasteiger partial charge in [-0.3, -0.25) is 4.90 Å². The molecule has 1 saturated heterocycles. The highest BCUT2D eigenvalue weighted by Gasteiger charge is 2.34. The van der Waals surface area contributed by atoms with Crippen molar-refractivity contribution in [1.29, 1.82) is 0 Å². The fourth-order valence-corrected chi connectivity index (χ4v) is 4.96. The number of hydrogen-bond donors (Lipinski definition) is 1. The third-order valence-corrected chi connectivity index (χ3v) is 6.76. The second kappa shape index (κ2) is 8.10. The summed E-state index contributed by atoms with van der Waals surface area (Å²) in [6, 6.07) is 11.4. The largest absolute Gasteiger partial charge is 0.381 e. The van der Waals surface area contributed by atoms with Crippen molar-refractivity contribution in [2.75, 3.05) is 33.3 Å². The highest BCUT2D eigenvalue weighted by Crippen LogP contribution is 2.35. The van der Waals surface area contributed by atoms with Crippen LogP contribution in [0.25, 0.3) is 16.6 Å². The Bertz CT molecular complexity index is 1030. The van der Waals surface area contributed by atoms with Crippen molar-refractivity contribution < 1.29 is 9.13 Å². The third kappa shape index (κ3) is 3.64. The van der Waals surface area contributed by atoms with Gasteiger partial charge in [-0.05, 0) is 73.2 Å². The van der Waals surface area contributed by atoms with Gasteiger partial charge in [0, 0.05) is 44.7 Å². The lowest BCUT2D eigenvalue weighted by atomic mass is 9.81. The molecule has 5 rings (SSSR count). The molecule has 2 aliphatic rings. The fraction of sp³-hybridized carbons (Fsp3) is 0.458. The van der Waals surface area contributed by atoms with Gasteiger partial charge in [0.25, 0.3) is 0 Å². The summed E-state index contributed by atoms with van der Waals surface area (Å²) >= 11 is 0. The average Bonchev–Trinajstić information content (AvgIpc) is 3.13. The molecule has 30 heavy (non-hydrogen) atoms. The van der Waals surface area contributed by atoms with Crippen LogP contribution in [0.15, 0.2) is 42.6 Å². The van der Waals surface area contributed by atoms with Gasteiger partial charge in [0.2, 0.25) is 0 Å². The number of nitrogens with zero attached hydrogens (tertiary/aromatic N) is 3. The number of aromatic nitrogens is 2. The molecule has 0 spiro atoms. The lowest BCUT2D eigenvalue weighted by Gasteiger charge is -2.43. The molecule has 1 aliphatic heterocycles. The number of hydrogen-bond acceptors (Lipinski definition) is 4. The number of nitrogens with one attached hydrogen (secondary N) is 1. The molecule has 0 unspecified atom stereocenters. The molecule has 2 fully saturated rings. The van der Waals surface area contributed by atoms with Crippen LogP contribution >= 0.6 is 0 Å². The quantitative estimate of drug-likeness (QED) is 0.697.